The number of nitrogens with one attached hydrogen (secondary N) is 2. The van der Waals surface area contributed by atoms with E-state index in [0.29, 0.717) is 10.6 Å². The van der Waals surface area contributed by atoms with Crippen molar-refractivity contribution in [2.24, 2.45) is 4.40 Å². The molecule has 3 aromatic rings. The van der Waals surface area contributed by atoms with Gasteiger partial charge in [0.1, 0.15) is 6.34 Å². The molecule has 3 rings (SSSR count). The fraction of sp³-hybridized carbons (Fsp3) is 0.150. The van der Waals surface area contributed by atoms with E-state index in [1.807, 2.05) is 0 Å². The van der Waals surface area contributed by atoms with Crippen molar-refractivity contribution in [1.29, 1.82) is 0 Å². The van der Waals surface area contributed by atoms with Gasteiger partial charge in [-0.2, -0.15) is 8.42 Å². The maximum atomic E-state index is 12.8. The molecule has 1 heterocycles. The molecular formula is C20H19ClN4O4S. The zero-order valence-corrected chi connectivity index (χ0v) is 17.8. The number of anilines is 1. The fourth-order valence-corrected chi connectivity index (χ4v) is 4.14. The average Bonchev–Trinajstić information content (AvgIpc) is 2.68. The van der Waals surface area contributed by atoms with Gasteiger partial charge in [0, 0.05) is 36.4 Å². The summed E-state index contributed by atoms with van der Waals surface area (Å²) < 4.78 is 29.2. The van der Waals surface area contributed by atoms with Crippen LogP contribution >= 0.6 is 11.6 Å². The molecule has 8 nitrogen and oxygen atoms in total. The van der Waals surface area contributed by atoms with Crippen LogP contribution in [0.1, 0.15) is 5.56 Å². The molecule has 30 heavy (non-hydrogen) atoms. The lowest BCUT2D eigenvalue weighted by Gasteiger charge is -2.11. The third-order valence-electron chi connectivity index (χ3n) is 4.14. The van der Waals surface area contributed by atoms with Crippen LogP contribution in [0.3, 0.4) is 0 Å². The number of sulfonamides is 1. The van der Waals surface area contributed by atoms with Crippen LogP contribution in [0.15, 0.2) is 62.7 Å². The molecule has 0 radical (unpaired) electrons. The maximum absolute atomic E-state index is 12.8. The number of pyridine rings is 1. The molecule has 0 spiro atoms. The number of halogens is 1. The van der Waals surface area contributed by atoms with E-state index < -0.39 is 21.5 Å². The normalized spacial score (nSPS) is 11.7. The van der Waals surface area contributed by atoms with E-state index in [0.717, 1.165) is 6.34 Å². The van der Waals surface area contributed by atoms with Gasteiger partial charge >= 0.3 is 0 Å². The number of aromatic amines is 1. The van der Waals surface area contributed by atoms with Crippen LogP contribution in [0.2, 0.25) is 5.02 Å². The number of H-pyrrole nitrogens is 1. The predicted molar refractivity (Wildman–Crippen MR) is 118 cm³/mol. The van der Waals surface area contributed by atoms with Crippen molar-refractivity contribution in [1.82, 2.24) is 9.88 Å². The minimum Gasteiger partial charge on any atom is -0.368 e. The van der Waals surface area contributed by atoms with Gasteiger partial charge in [-0.05, 0) is 29.8 Å². The highest BCUT2D eigenvalue weighted by molar-refractivity contribution is 7.90. The van der Waals surface area contributed by atoms with Gasteiger partial charge in [-0.25, -0.2) is 0 Å². The quantitative estimate of drug-likeness (QED) is 0.446. The van der Waals surface area contributed by atoms with Gasteiger partial charge in [0.15, 0.2) is 0 Å². The summed E-state index contributed by atoms with van der Waals surface area (Å²) in [5, 5.41) is 3.41. The Balaban J connectivity index is 2.04. The number of hydrogen-bond acceptors (Lipinski definition) is 4. The molecule has 0 atom stereocenters. The molecule has 1 aromatic heterocycles. The second-order valence-corrected chi connectivity index (χ2v) is 8.73. The van der Waals surface area contributed by atoms with Gasteiger partial charge in [-0.1, -0.05) is 29.8 Å². The number of aromatic nitrogens is 1. The summed E-state index contributed by atoms with van der Waals surface area (Å²) in [4.78, 5) is 28.6. The Morgan fingerprint density at radius 3 is 2.63 bits per heavy atom. The standard InChI is InChI=1S/C20H19ClN4O4S/c1-25(2)12-23-30(28,29)18-11-14(10-16-15(18)7-8-22-20(16)27)24-19(26)9-13-5-3-4-6-17(13)21/h3-8,10-12H,9H2,1-2H3,(H,22,27)(H,24,26)/b23-12+. The molecule has 2 N–H and O–H groups in total. The number of nitrogens with zero attached hydrogens (tertiary/aromatic N) is 2. The highest BCUT2D eigenvalue weighted by atomic mass is 35.5. The SMILES string of the molecule is CN(C)/C=N/S(=O)(=O)c1cc(NC(=O)Cc2ccccc2Cl)cc2c(=O)[nH]ccc12. The summed E-state index contributed by atoms with van der Waals surface area (Å²) >= 11 is 6.09. The maximum Gasteiger partial charge on any atom is 0.284 e. The topological polar surface area (TPSA) is 112 Å². The van der Waals surface area contributed by atoms with E-state index in [1.54, 1.807) is 38.4 Å². The molecule has 10 heteroatoms. The summed E-state index contributed by atoms with van der Waals surface area (Å²) in [5.74, 6) is -0.407. The van der Waals surface area contributed by atoms with Crippen LogP contribution in [0.4, 0.5) is 5.69 Å². The van der Waals surface area contributed by atoms with Crippen LogP contribution < -0.4 is 10.9 Å². The van der Waals surface area contributed by atoms with E-state index in [-0.39, 0.29) is 27.8 Å². The highest BCUT2D eigenvalue weighted by Gasteiger charge is 2.19. The fourth-order valence-electron chi connectivity index (χ4n) is 2.78. The van der Waals surface area contributed by atoms with Gasteiger partial charge in [0.25, 0.3) is 15.6 Å². The number of hydrogen-bond donors (Lipinski definition) is 2. The summed E-state index contributed by atoms with van der Waals surface area (Å²) in [6.45, 7) is 0. The minimum absolute atomic E-state index is 0.0102. The average molecular weight is 447 g/mol. The Bertz CT molecular complexity index is 1300. The molecule has 0 aliphatic rings. The molecule has 0 aliphatic carbocycles. The summed E-state index contributed by atoms with van der Waals surface area (Å²) in [5.41, 5.74) is 0.302. The minimum atomic E-state index is -4.12. The molecule has 156 valence electrons. The number of carbonyl (C=O) groups excluding carboxylic acids is 1. The van der Waals surface area contributed by atoms with Gasteiger partial charge in [0.2, 0.25) is 5.91 Å². The van der Waals surface area contributed by atoms with Crippen molar-refractivity contribution in [2.45, 2.75) is 11.3 Å². The first kappa shape index (κ1) is 21.5. The van der Waals surface area contributed by atoms with Gasteiger partial charge in [-0.15, -0.1) is 4.40 Å². The van der Waals surface area contributed by atoms with Crippen molar-refractivity contribution in [2.75, 3.05) is 19.4 Å². The van der Waals surface area contributed by atoms with E-state index in [4.69, 9.17) is 11.6 Å². The first-order valence-corrected chi connectivity index (χ1v) is 10.6. The van der Waals surface area contributed by atoms with Crippen LogP contribution in [0.25, 0.3) is 10.8 Å². The van der Waals surface area contributed by atoms with Crippen LogP contribution in [0, 0.1) is 0 Å². The first-order valence-electron chi connectivity index (χ1n) is 8.83. The Hall–Kier alpha value is -3.17. The Labute approximate surface area is 178 Å². The van der Waals surface area contributed by atoms with Gasteiger partial charge in [0.05, 0.1) is 16.7 Å². The van der Waals surface area contributed by atoms with Crippen molar-refractivity contribution in [3.05, 3.63) is 69.6 Å². The third kappa shape index (κ3) is 4.87. The zero-order chi connectivity index (χ0) is 21.9. The van der Waals surface area contributed by atoms with Crippen molar-refractivity contribution >= 4 is 50.3 Å². The Morgan fingerprint density at radius 1 is 1.20 bits per heavy atom. The molecule has 1 amide bonds. The van der Waals surface area contributed by atoms with E-state index >= 15 is 0 Å². The van der Waals surface area contributed by atoms with Crippen molar-refractivity contribution in [3.8, 4) is 0 Å². The smallest absolute Gasteiger partial charge is 0.284 e. The van der Waals surface area contributed by atoms with Crippen molar-refractivity contribution in [3.63, 3.8) is 0 Å². The van der Waals surface area contributed by atoms with E-state index in [9.17, 15) is 18.0 Å². The van der Waals surface area contributed by atoms with Gasteiger partial charge < -0.3 is 15.2 Å². The van der Waals surface area contributed by atoms with Crippen molar-refractivity contribution < 1.29 is 13.2 Å². The lowest BCUT2D eigenvalue weighted by Crippen LogP contribution is -2.16. The molecule has 0 bridgehead atoms. The molecule has 0 saturated carbocycles. The number of amides is 1. The third-order valence-corrected chi connectivity index (χ3v) is 5.77. The van der Waals surface area contributed by atoms with Crippen LogP contribution in [-0.4, -0.2) is 44.6 Å². The van der Waals surface area contributed by atoms with E-state index in [1.165, 1.54) is 29.3 Å². The zero-order valence-electron chi connectivity index (χ0n) is 16.2. The molecular weight excluding hydrogens is 428 g/mol. The molecule has 0 unspecified atom stereocenters. The second-order valence-electron chi connectivity index (χ2n) is 6.72. The van der Waals surface area contributed by atoms with E-state index in [2.05, 4.69) is 14.7 Å². The molecule has 0 saturated heterocycles. The van der Waals surface area contributed by atoms with Crippen LogP contribution in [0.5, 0.6) is 0 Å². The molecule has 2 aromatic carbocycles. The molecule has 0 fully saturated rings. The van der Waals surface area contributed by atoms with Gasteiger partial charge in [-0.3, -0.25) is 9.59 Å². The Kier molecular flexibility index (Phi) is 6.23. The number of carbonyl (C=O) groups is 1. The summed E-state index contributed by atoms with van der Waals surface area (Å²) in [6.07, 6.45) is 2.50. The lowest BCUT2D eigenvalue weighted by atomic mass is 10.1. The monoisotopic (exact) mass is 446 g/mol. The first-order chi connectivity index (χ1) is 14.2. The lowest BCUT2D eigenvalue weighted by molar-refractivity contribution is -0.115. The van der Waals surface area contributed by atoms with Crippen LogP contribution in [-0.2, 0) is 21.2 Å². The molecule has 0 aliphatic heterocycles. The summed E-state index contributed by atoms with van der Waals surface area (Å²) in [6, 6.07) is 11.1. The number of benzene rings is 2. The summed E-state index contributed by atoms with van der Waals surface area (Å²) in [7, 11) is -0.856. The second kappa shape index (κ2) is 8.68. The number of fused-ring (bicyclic) bond motifs is 1. The largest absolute Gasteiger partial charge is 0.368 e. The number of rotatable bonds is 6. The highest BCUT2D eigenvalue weighted by Crippen LogP contribution is 2.27. The predicted octanol–water partition coefficient (Wildman–Crippen LogP) is 2.64. The Morgan fingerprint density at radius 2 is 1.93 bits per heavy atom.